The quantitative estimate of drug-likeness (QED) is 0.235. The van der Waals surface area contributed by atoms with Gasteiger partial charge in [0.25, 0.3) is 0 Å². The maximum atomic E-state index is 12.8. The number of aliphatic imine (C=N–C) groups is 1. The number of benzene rings is 2. The monoisotopic (exact) mass is 624 g/mol. The van der Waals surface area contributed by atoms with Crippen molar-refractivity contribution in [3.05, 3.63) is 84.1 Å². The summed E-state index contributed by atoms with van der Waals surface area (Å²) in [5.41, 5.74) is 3.62. The van der Waals surface area contributed by atoms with Crippen LogP contribution in [0.1, 0.15) is 36.7 Å². The molecule has 4 aromatic rings. The Morgan fingerprint density at radius 1 is 1.11 bits per heavy atom. The molecule has 228 valence electrons. The molecule has 2 N–H and O–H groups in total. The highest BCUT2D eigenvalue weighted by atomic mass is 32.2. The number of rotatable bonds is 8. The molecule has 1 saturated heterocycles. The fourth-order valence-electron chi connectivity index (χ4n) is 4.30. The number of anilines is 3. The zero-order chi connectivity index (χ0) is 31.4. The summed E-state index contributed by atoms with van der Waals surface area (Å²) in [5.74, 6) is 0.792. The van der Waals surface area contributed by atoms with Gasteiger partial charge in [-0.05, 0) is 66.4 Å². The van der Waals surface area contributed by atoms with Gasteiger partial charge in [0.1, 0.15) is 17.9 Å². The van der Waals surface area contributed by atoms with E-state index in [-0.39, 0.29) is 29.9 Å². The van der Waals surface area contributed by atoms with Crippen LogP contribution in [0.4, 0.5) is 35.2 Å². The summed E-state index contributed by atoms with van der Waals surface area (Å²) in [4.78, 5) is 39.7. The molecule has 2 aromatic heterocycles. The molecule has 0 aliphatic carbocycles. The lowest BCUT2D eigenvalue weighted by Crippen LogP contribution is -2.31. The van der Waals surface area contributed by atoms with Crippen molar-refractivity contribution in [3.8, 4) is 11.4 Å². The molecular weight excluding hydrogens is 597 g/mol. The van der Waals surface area contributed by atoms with Crippen LogP contribution in [-0.2, 0) is 11.3 Å². The Kier molecular flexibility index (Phi) is 8.85. The number of hydrogen-bond donors (Lipinski definition) is 2. The van der Waals surface area contributed by atoms with Gasteiger partial charge >= 0.3 is 12.4 Å². The van der Waals surface area contributed by atoms with Crippen molar-refractivity contribution in [3.63, 3.8) is 0 Å². The number of alkyl halides is 3. The summed E-state index contributed by atoms with van der Waals surface area (Å²) in [6.07, 6.45) is -1.87. The Morgan fingerprint density at radius 2 is 1.89 bits per heavy atom. The summed E-state index contributed by atoms with van der Waals surface area (Å²) < 4.78 is 42.4. The van der Waals surface area contributed by atoms with E-state index in [1.807, 2.05) is 39.0 Å². The van der Waals surface area contributed by atoms with E-state index >= 15 is 0 Å². The molecule has 1 fully saturated rings. The molecule has 1 aliphatic heterocycles. The predicted octanol–water partition coefficient (Wildman–Crippen LogP) is 6.27. The first-order valence-electron chi connectivity index (χ1n) is 13.4. The van der Waals surface area contributed by atoms with Crippen LogP contribution in [0.25, 0.3) is 5.69 Å². The van der Waals surface area contributed by atoms with Gasteiger partial charge in [-0.3, -0.25) is 9.69 Å². The second-order valence-corrected chi connectivity index (χ2v) is 10.9. The SMILES string of the molecule is Cc1ccc(C(C)C)c(N2C(=O)CS/C2=N\C(=O)Nc2ccc(NCc3ncn(-c4ccc(OC(F)(F)F)cc4)n3)nc2)c1. The summed E-state index contributed by atoms with van der Waals surface area (Å²) >= 11 is 1.21. The lowest BCUT2D eigenvalue weighted by atomic mass is 9.99. The van der Waals surface area contributed by atoms with E-state index in [0.29, 0.717) is 28.2 Å². The van der Waals surface area contributed by atoms with Gasteiger partial charge in [0.05, 0.1) is 35.6 Å². The minimum atomic E-state index is -4.77. The Morgan fingerprint density at radius 3 is 2.57 bits per heavy atom. The lowest BCUT2D eigenvalue weighted by molar-refractivity contribution is -0.274. The lowest BCUT2D eigenvalue weighted by Gasteiger charge is -2.22. The molecule has 0 unspecified atom stereocenters. The van der Waals surface area contributed by atoms with E-state index in [0.717, 1.165) is 16.8 Å². The number of amides is 3. The van der Waals surface area contributed by atoms with Gasteiger partial charge in [-0.25, -0.2) is 19.4 Å². The van der Waals surface area contributed by atoms with E-state index in [1.165, 1.54) is 58.1 Å². The Labute approximate surface area is 254 Å². The number of hydrogen-bond acceptors (Lipinski definition) is 8. The topological polar surface area (TPSA) is 127 Å². The Bertz CT molecular complexity index is 1690. The number of carbonyl (C=O) groups excluding carboxylic acids is 2. The first-order chi connectivity index (χ1) is 20.9. The zero-order valence-electron chi connectivity index (χ0n) is 23.8. The molecule has 5 rings (SSSR count). The van der Waals surface area contributed by atoms with Crippen molar-refractivity contribution in [2.75, 3.05) is 21.3 Å². The molecule has 0 spiro atoms. The van der Waals surface area contributed by atoms with E-state index in [2.05, 4.69) is 35.4 Å². The van der Waals surface area contributed by atoms with Gasteiger partial charge in [0.2, 0.25) is 5.91 Å². The van der Waals surface area contributed by atoms with Crippen LogP contribution in [0, 0.1) is 6.92 Å². The fourth-order valence-corrected chi connectivity index (χ4v) is 5.16. The highest BCUT2D eigenvalue weighted by Gasteiger charge is 2.33. The van der Waals surface area contributed by atoms with Crippen LogP contribution in [0.3, 0.4) is 0 Å². The standard InChI is InChI=1S/C29H27F3N8O3S/c1-17(2)22-10-4-18(3)12-23(22)40-26(41)15-44-28(40)37-27(42)36-19-5-11-24(33-13-19)34-14-25-35-16-39(38-25)20-6-8-21(9-7-20)43-29(30,31)32/h4-13,16-17H,14-15H2,1-3H3,(H,33,34)(H,36,42)/b37-28-. The van der Waals surface area contributed by atoms with Crippen molar-refractivity contribution in [1.82, 2.24) is 19.7 Å². The van der Waals surface area contributed by atoms with Gasteiger partial charge in [0.15, 0.2) is 11.0 Å². The highest BCUT2D eigenvalue weighted by molar-refractivity contribution is 8.15. The van der Waals surface area contributed by atoms with Crippen molar-refractivity contribution >= 4 is 46.1 Å². The van der Waals surface area contributed by atoms with E-state index in [9.17, 15) is 22.8 Å². The second-order valence-electron chi connectivity index (χ2n) is 9.99. The molecule has 0 saturated carbocycles. The summed E-state index contributed by atoms with van der Waals surface area (Å²) in [6.45, 7) is 6.25. The number of aromatic nitrogens is 4. The van der Waals surface area contributed by atoms with Crippen molar-refractivity contribution in [2.45, 2.75) is 39.6 Å². The van der Waals surface area contributed by atoms with Crippen LogP contribution >= 0.6 is 11.8 Å². The number of urea groups is 1. The summed E-state index contributed by atoms with van der Waals surface area (Å²) in [5, 5.41) is 10.4. The molecule has 0 radical (unpaired) electrons. The smallest absolute Gasteiger partial charge is 0.406 e. The largest absolute Gasteiger partial charge is 0.573 e. The molecule has 1 aliphatic rings. The first kappa shape index (κ1) is 30.5. The number of nitrogens with one attached hydrogen (secondary N) is 2. The fraction of sp³-hybridized carbons (Fsp3) is 0.241. The summed E-state index contributed by atoms with van der Waals surface area (Å²) in [7, 11) is 0. The van der Waals surface area contributed by atoms with Gasteiger partial charge < -0.3 is 15.4 Å². The van der Waals surface area contributed by atoms with E-state index in [4.69, 9.17) is 0 Å². The number of pyridine rings is 1. The number of nitrogens with zero attached hydrogens (tertiary/aromatic N) is 6. The molecule has 15 heteroatoms. The van der Waals surface area contributed by atoms with Gasteiger partial charge in [-0.2, -0.15) is 4.99 Å². The molecule has 3 heterocycles. The number of ether oxygens (including phenoxy) is 1. The predicted molar refractivity (Wildman–Crippen MR) is 161 cm³/mol. The molecule has 3 amide bonds. The van der Waals surface area contributed by atoms with Gasteiger partial charge in [-0.1, -0.05) is 37.7 Å². The Hall–Kier alpha value is -4.92. The van der Waals surface area contributed by atoms with E-state index in [1.54, 1.807) is 12.1 Å². The highest BCUT2D eigenvalue weighted by Crippen LogP contribution is 2.34. The van der Waals surface area contributed by atoms with Gasteiger partial charge in [0, 0.05) is 0 Å². The number of carbonyl (C=O) groups is 2. The first-order valence-corrected chi connectivity index (χ1v) is 14.4. The number of amidine groups is 1. The molecule has 0 bridgehead atoms. The number of thioether (sulfide) groups is 1. The Balaban J connectivity index is 1.18. The van der Waals surface area contributed by atoms with E-state index < -0.39 is 12.4 Å². The normalized spacial score (nSPS) is 14.4. The van der Waals surface area contributed by atoms with Gasteiger partial charge in [-0.15, -0.1) is 18.3 Å². The minimum absolute atomic E-state index is 0.140. The van der Waals surface area contributed by atoms with Crippen LogP contribution in [0.2, 0.25) is 0 Å². The third kappa shape index (κ3) is 7.53. The molecule has 2 aromatic carbocycles. The van der Waals surface area contributed by atoms with Crippen molar-refractivity contribution in [1.29, 1.82) is 0 Å². The maximum absolute atomic E-state index is 12.8. The second kappa shape index (κ2) is 12.8. The average molecular weight is 625 g/mol. The number of aryl methyl sites for hydroxylation is 1. The molecule has 44 heavy (non-hydrogen) atoms. The van der Waals surface area contributed by atoms with Crippen molar-refractivity contribution < 1.29 is 27.5 Å². The van der Waals surface area contributed by atoms with Crippen LogP contribution in [0.5, 0.6) is 5.75 Å². The average Bonchev–Trinajstić information content (AvgIpc) is 3.58. The molecule has 11 nitrogen and oxygen atoms in total. The van der Waals surface area contributed by atoms with Crippen LogP contribution in [0.15, 0.2) is 72.1 Å². The third-order valence-electron chi connectivity index (χ3n) is 6.33. The number of halogens is 3. The zero-order valence-corrected chi connectivity index (χ0v) is 24.6. The van der Waals surface area contributed by atoms with Crippen LogP contribution < -0.4 is 20.3 Å². The minimum Gasteiger partial charge on any atom is -0.406 e. The molecule has 0 atom stereocenters. The molecular formula is C29H27F3N8O3S. The maximum Gasteiger partial charge on any atom is 0.573 e. The summed E-state index contributed by atoms with van der Waals surface area (Å²) in [6, 6.07) is 13.8. The third-order valence-corrected chi connectivity index (χ3v) is 7.25. The van der Waals surface area contributed by atoms with Crippen molar-refractivity contribution in [2.24, 2.45) is 4.99 Å². The van der Waals surface area contributed by atoms with Crippen LogP contribution in [-0.4, -0.2) is 49.0 Å².